The summed E-state index contributed by atoms with van der Waals surface area (Å²) in [4.78, 5) is 6.76. The van der Waals surface area contributed by atoms with Gasteiger partial charge in [-0.2, -0.15) is 0 Å². The summed E-state index contributed by atoms with van der Waals surface area (Å²) in [5.74, 6) is 1.56. The number of hydrogen-bond acceptors (Lipinski definition) is 2. The molecule has 1 heterocycles. The van der Waals surface area contributed by atoms with Gasteiger partial charge in [-0.05, 0) is 45.2 Å². The van der Waals surface area contributed by atoms with Crippen LogP contribution in [0.5, 0.6) is 0 Å². The molecule has 4 heteroatoms. The van der Waals surface area contributed by atoms with Gasteiger partial charge in [0.05, 0.1) is 0 Å². The maximum Gasteiger partial charge on any atom is 0.191 e. The van der Waals surface area contributed by atoms with E-state index in [4.69, 9.17) is 0 Å². The molecule has 1 atom stereocenters. The van der Waals surface area contributed by atoms with Gasteiger partial charge in [-0.25, -0.2) is 0 Å². The molecule has 0 aromatic heterocycles. The van der Waals surface area contributed by atoms with Crippen molar-refractivity contribution in [2.75, 3.05) is 31.6 Å². The molecular weight excluding hydrogens is 260 g/mol. The van der Waals surface area contributed by atoms with Gasteiger partial charge in [-0.3, -0.25) is 4.99 Å². The second-order valence-corrected chi connectivity index (χ2v) is 6.76. The normalized spacial score (nSPS) is 19.7. The Morgan fingerprint density at radius 2 is 2.00 bits per heavy atom. The van der Waals surface area contributed by atoms with Gasteiger partial charge in [0.25, 0.3) is 0 Å². The van der Waals surface area contributed by atoms with Crippen molar-refractivity contribution in [2.45, 2.75) is 32.7 Å². The quantitative estimate of drug-likeness (QED) is 0.663. The number of rotatable bonds is 3. The van der Waals surface area contributed by atoms with Crippen LogP contribution in [-0.2, 0) is 0 Å². The molecule has 0 radical (unpaired) electrons. The number of aliphatic imine (C=N–C) groups is 1. The Hall–Kier alpha value is -1.71. The summed E-state index contributed by atoms with van der Waals surface area (Å²) < 4.78 is 0. The van der Waals surface area contributed by atoms with Crippen molar-refractivity contribution in [2.24, 2.45) is 10.9 Å². The number of para-hydroxylation sites is 1. The predicted molar refractivity (Wildman–Crippen MR) is 91.0 cm³/mol. The van der Waals surface area contributed by atoms with Crippen LogP contribution in [0.25, 0.3) is 0 Å². The number of guanidine groups is 1. The lowest BCUT2D eigenvalue weighted by molar-refractivity contribution is 0.491. The van der Waals surface area contributed by atoms with E-state index in [9.17, 15) is 0 Å². The van der Waals surface area contributed by atoms with E-state index in [2.05, 4.69) is 71.6 Å². The molecule has 0 spiro atoms. The highest BCUT2D eigenvalue weighted by Crippen LogP contribution is 2.22. The van der Waals surface area contributed by atoms with E-state index in [0.717, 1.165) is 25.6 Å². The number of anilines is 1. The Morgan fingerprint density at radius 3 is 2.62 bits per heavy atom. The Balaban J connectivity index is 1.80. The van der Waals surface area contributed by atoms with E-state index < -0.39 is 0 Å². The minimum Gasteiger partial charge on any atom is -0.371 e. The Morgan fingerprint density at radius 1 is 1.29 bits per heavy atom. The van der Waals surface area contributed by atoms with Crippen LogP contribution >= 0.6 is 0 Å². The average Bonchev–Trinajstić information content (AvgIpc) is 2.92. The summed E-state index contributed by atoms with van der Waals surface area (Å²) in [5.41, 5.74) is 1.37. The second-order valence-electron chi connectivity index (χ2n) is 6.76. The minimum atomic E-state index is 0.0353. The van der Waals surface area contributed by atoms with Gasteiger partial charge in [0.15, 0.2) is 5.96 Å². The third kappa shape index (κ3) is 4.96. The van der Waals surface area contributed by atoms with Crippen LogP contribution in [0.15, 0.2) is 35.3 Å². The van der Waals surface area contributed by atoms with Gasteiger partial charge in [-0.1, -0.05) is 18.2 Å². The molecule has 1 fully saturated rings. The van der Waals surface area contributed by atoms with Crippen LogP contribution < -0.4 is 15.5 Å². The highest BCUT2D eigenvalue weighted by atomic mass is 15.2. The molecular formula is C17H28N4. The first-order valence-corrected chi connectivity index (χ1v) is 7.77. The van der Waals surface area contributed by atoms with Gasteiger partial charge in [-0.15, -0.1) is 0 Å². The molecule has 1 aromatic carbocycles. The van der Waals surface area contributed by atoms with E-state index in [-0.39, 0.29) is 5.54 Å². The Kier molecular flexibility index (Phi) is 5.10. The fraction of sp³-hybridized carbons (Fsp3) is 0.588. The molecule has 1 aromatic rings. The van der Waals surface area contributed by atoms with Gasteiger partial charge in [0.1, 0.15) is 0 Å². The third-order valence-corrected chi connectivity index (χ3v) is 3.68. The van der Waals surface area contributed by atoms with Crippen LogP contribution in [0.3, 0.4) is 0 Å². The smallest absolute Gasteiger partial charge is 0.191 e. The molecule has 2 N–H and O–H groups in total. The molecule has 0 amide bonds. The van der Waals surface area contributed by atoms with Crippen LogP contribution in [0, 0.1) is 5.92 Å². The highest BCUT2D eigenvalue weighted by Gasteiger charge is 2.23. The molecule has 1 aliphatic rings. The SMILES string of the molecule is CN=C(NCC1CCN(c2ccccc2)C1)NC(C)(C)C. The molecule has 0 aliphatic carbocycles. The van der Waals surface area contributed by atoms with Crippen molar-refractivity contribution in [1.29, 1.82) is 0 Å². The molecule has 1 unspecified atom stereocenters. The van der Waals surface area contributed by atoms with Crippen molar-refractivity contribution >= 4 is 11.6 Å². The zero-order chi connectivity index (χ0) is 15.3. The van der Waals surface area contributed by atoms with Crippen molar-refractivity contribution in [3.63, 3.8) is 0 Å². The van der Waals surface area contributed by atoms with Crippen molar-refractivity contribution in [3.8, 4) is 0 Å². The summed E-state index contributed by atoms with van der Waals surface area (Å²) in [6.45, 7) is 9.66. The fourth-order valence-corrected chi connectivity index (χ4v) is 2.65. The fourth-order valence-electron chi connectivity index (χ4n) is 2.65. The summed E-state index contributed by atoms with van der Waals surface area (Å²) in [7, 11) is 1.83. The van der Waals surface area contributed by atoms with E-state index in [1.807, 2.05) is 7.05 Å². The monoisotopic (exact) mass is 288 g/mol. The predicted octanol–water partition coefficient (Wildman–Crippen LogP) is 2.48. The first-order valence-electron chi connectivity index (χ1n) is 7.77. The maximum atomic E-state index is 4.29. The van der Waals surface area contributed by atoms with Crippen molar-refractivity contribution in [1.82, 2.24) is 10.6 Å². The minimum absolute atomic E-state index is 0.0353. The molecule has 1 saturated heterocycles. The largest absolute Gasteiger partial charge is 0.371 e. The maximum absolute atomic E-state index is 4.29. The van der Waals surface area contributed by atoms with Crippen LogP contribution in [0.4, 0.5) is 5.69 Å². The van der Waals surface area contributed by atoms with Gasteiger partial charge >= 0.3 is 0 Å². The molecule has 21 heavy (non-hydrogen) atoms. The average molecular weight is 288 g/mol. The number of benzene rings is 1. The number of nitrogens with zero attached hydrogens (tertiary/aromatic N) is 2. The van der Waals surface area contributed by atoms with Crippen molar-refractivity contribution < 1.29 is 0 Å². The lowest BCUT2D eigenvalue weighted by Gasteiger charge is -2.25. The topological polar surface area (TPSA) is 39.7 Å². The highest BCUT2D eigenvalue weighted by molar-refractivity contribution is 5.80. The summed E-state index contributed by atoms with van der Waals surface area (Å²) >= 11 is 0. The lowest BCUT2D eigenvalue weighted by Crippen LogP contribution is -2.48. The lowest BCUT2D eigenvalue weighted by atomic mass is 10.1. The third-order valence-electron chi connectivity index (χ3n) is 3.68. The molecule has 2 rings (SSSR count). The van der Waals surface area contributed by atoms with Crippen LogP contribution in [-0.4, -0.2) is 38.2 Å². The van der Waals surface area contributed by atoms with Gasteiger partial charge in [0, 0.05) is 37.9 Å². The molecule has 1 aliphatic heterocycles. The summed E-state index contributed by atoms with van der Waals surface area (Å²) in [5, 5.41) is 6.85. The number of hydrogen-bond donors (Lipinski definition) is 2. The number of nitrogens with one attached hydrogen (secondary N) is 2. The standard InChI is InChI=1S/C17H28N4/c1-17(2,3)20-16(18-4)19-12-14-10-11-21(13-14)15-8-6-5-7-9-15/h5-9,14H,10-13H2,1-4H3,(H2,18,19,20). The van der Waals surface area contributed by atoms with Gasteiger partial charge in [0.2, 0.25) is 0 Å². The van der Waals surface area contributed by atoms with E-state index in [1.165, 1.54) is 12.1 Å². The van der Waals surface area contributed by atoms with E-state index in [0.29, 0.717) is 5.92 Å². The first kappa shape index (κ1) is 15.7. The zero-order valence-corrected chi connectivity index (χ0v) is 13.7. The first-order chi connectivity index (χ1) is 9.98. The molecule has 0 saturated carbocycles. The summed E-state index contributed by atoms with van der Waals surface area (Å²) in [6.07, 6.45) is 1.23. The Bertz CT molecular complexity index is 461. The van der Waals surface area contributed by atoms with Crippen LogP contribution in [0.1, 0.15) is 27.2 Å². The van der Waals surface area contributed by atoms with Gasteiger partial charge < -0.3 is 15.5 Å². The van der Waals surface area contributed by atoms with Crippen LogP contribution in [0.2, 0.25) is 0 Å². The molecule has 4 nitrogen and oxygen atoms in total. The molecule has 116 valence electrons. The molecule has 0 bridgehead atoms. The van der Waals surface area contributed by atoms with E-state index in [1.54, 1.807) is 0 Å². The Labute approximate surface area is 128 Å². The zero-order valence-electron chi connectivity index (χ0n) is 13.7. The summed E-state index contributed by atoms with van der Waals surface area (Å²) in [6, 6.07) is 10.7. The second kappa shape index (κ2) is 6.83. The van der Waals surface area contributed by atoms with Crippen molar-refractivity contribution in [3.05, 3.63) is 30.3 Å². The van der Waals surface area contributed by atoms with E-state index >= 15 is 0 Å².